The number of carboxylic acid groups (broad SMARTS) is 1. The molecule has 6 nitrogen and oxygen atoms in total. The van der Waals surface area contributed by atoms with Gasteiger partial charge in [-0.2, -0.15) is 5.26 Å². The zero-order chi connectivity index (χ0) is 18.8. The fourth-order valence-corrected chi connectivity index (χ4v) is 2.79. The highest BCUT2D eigenvalue weighted by Crippen LogP contribution is 2.25. The first-order valence-electron chi connectivity index (χ1n) is 8.13. The summed E-state index contributed by atoms with van der Waals surface area (Å²) in [6, 6.07) is 21.2. The molecule has 0 aliphatic carbocycles. The van der Waals surface area contributed by atoms with Gasteiger partial charge in [-0.15, -0.1) is 0 Å². The molecule has 0 fully saturated rings. The molecular weight excluding hydrogens is 342 g/mol. The summed E-state index contributed by atoms with van der Waals surface area (Å²) in [6.07, 6.45) is 1.66. The lowest BCUT2D eigenvalue weighted by atomic mass is 10.2. The number of carboxylic acids is 1. The number of benzene rings is 3. The molecule has 0 saturated carbocycles. The normalized spacial score (nSPS) is 10.5. The number of aromatic carboxylic acids is 1. The third-order valence-corrected chi connectivity index (χ3v) is 4.11. The van der Waals surface area contributed by atoms with Crippen LogP contribution in [-0.4, -0.2) is 20.6 Å². The molecule has 0 unspecified atom stereocenters. The minimum Gasteiger partial charge on any atom is -0.478 e. The summed E-state index contributed by atoms with van der Waals surface area (Å²) in [5.74, 6) is 0.235. The number of carbonyl (C=O) groups is 1. The van der Waals surface area contributed by atoms with Crippen LogP contribution in [0.3, 0.4) is 0 Å². The Morgan fingerprint density at radius 2 is 1.85 bits per heavy atom. The summed E-state index contributed by atoms with van der Waals surface area (Å²) in [5, 5.41) is 18.2. The van der Waals surface area contributed by atoms with E-state index in [1.165, 1.54) is 6.07 Å². The maximum Gasteiger partial charge on any atom is 0.335 e. The van der Waals surface area contributed by atoms with Crippen molar-refractivity contribution in [2.24, 2.45) is 0 Å². The predicted molar refractivity (Wildman–Crippen MR) is 99.3 cm³/mol. The Morgan fingerprint density at radius 1 is 1.04 bits per heavy atom. The topological polar surface area (TPSA) is 88.1 Å². The second-order valence-electron chi connectivity index (χ2n) is 5.86. The molecular formula is C21H13N3O3. The predicted octanol–water partition coefficient (Wildman–Crippen LogP) is 4.39. The van der Waals surface area contributed by atoms with Crippen molar-refractivity contribution in [3.8, 4) is 23.3 Å². The molecule has 1 heterocycles. The zero-order valence-corrected chi connectivity index (χ0v) is 14.0. The van der Waals surface area contributed by atoms with E-state index in [1.807, 2.05) is 16.7 Å². The second-order valence-corrected chi connectivity index (χ2v) is 5.86. The fraction of sp³-hybridized carbons (Fsp3) is 0. The minimum atomic E-state index is -0.979. The average Bonchev–Trinajstić information content (AvgIpc) is 3.12. The summed E-state index contributed by atoms with van der Waals surface area (Å²) in [6.45, 7) is 0. The Kier molecular flexibility index (Phi) is 4.03. The molecule has 3 aromatic carbocycles. The molecule has 0 radical (unpaired) electrons. The number of fused-ring (bicyclic) bond motifs is 1. The van der Waals surface area contributed by atoms with Gasteiger partial charge in [0.2, 0.25) is 0 Å². The standard InChI is InChI=1S/C21H13N3O3/c22-12-14-2-1-3-18(10-14)27-17-7-5-16(6-8-17)24-13-23-19-9-4-15(21(25)26)11-20(19)24/h1-11,13H,(H,25,26). The lowest BCUT2D eigenvalue weighted by Crippen LogP contribution is -1.97. The smallest absolute Gasteiger partial charge is 0.335 e. The van der Waals surface area contributed by atoms with E-state index in [1.54, 1.807) is 54.9 Å². The van der Waals surface area contributed by atoms with E-state index >= 15 is 0 Å². The number of imidazole rings is 1. The summed E-state index contributed by atoms with van der Waals surface area (Å²) in [7, 11) is 0. The fourth-order valence-electron chi connectivity index (χ4n) is 2.79. The van der Waals surface area contributed by atoms with E-state index in [4.69, 9.17) is 10.00 Å². The molecule has 27 heavy (non-hydrogen) atoms. The van der Waals surface area contributed by atoms with Crippen LogP contribution in [0, 0.1) is 11.3 Å². The van der Waals surface area contributed by atoms with Crippen LogP contribution in [0.15, 0.2) is 73.1 Å². The molecule has 0 saturated heterocycles. The number of nitrogens with zero attached hydrogens (tertiary/aromatic N) is 3. The molecule has 130 valence electrons. The van der Waals surface area contributed by atoms with Crippen molar-refractivity contribution in [2.45, 2.75) is 0 Å². The quantitative estimate of drug-likeness (QED) is 0.586. The molecule has 4 rings (SSSR count). The van der Waals surface area contributed by atoms with Crippen molar-refractivity contribution in [1.82, 2.24) is 9.55 Å². The summed E-state index contributed by atoms with van der Waals surface area (Å²) in [4.78, 5) is 15.5. The zero-order valence-electron chi connectivity index (χ0n) is 14.0. The van der Waals surface area contributed by atoms with Gasteiger partial charge in [-0.25, -0.2) is 9.78 Å². The van der Waals surface area contributed by atoms with Crippen LogP contribution in [0.4, 0.5) is 0 Å². The van der Waals surface area contributed by atoms with E-state index in [0.29, 0.717) is 28.1 Å². The molecule has 0 aliphatic rings. The van der Waals surface area contributed by atoms with Gasteiger partial charge in [0.1, 0.15) is 17.8 Å². The number of aromatic nitrogens is 2. The molecule has 0 aliphatic heterocycles. The highest BCUT2D eigenvalue weighted by Gasteiger charge is 2.09. The molecule has 0 atom stereocenters. The Hall–Kier alpha value is -4.11. The van der Waals surface area contributed by atoms with Crippen LogP contribution in [-0.2, 0) is 0 Å². The maximum absolute atomic E-state index is 11.2. The highest BCUT2D eigenvalue weighted by atomic mass is 16.5. The van der Waals surface area contributed by atoms with E-state index in [2.05, 4.69) is 11.1 Å². The lowest BCUT2D eigenvalue weighted by Gasteiger charge is -2.08. The monoisotopic (exact) mass is 355 g/mol. The van der Waals surface area contributed by atoms with Crippen molar-refractivity contribution < 1.29 is 14.6 Å². The first kappa shape index (κ1) is 16.4. The van der Waals surface area contributed by atoms with Crippen molar-refractivity contribution >= 4 is 17.0 Å². The van der Waals surface area contributed by atoms with Crippen LogP contribution in [0.2, 0.25) is 0 Å². The minimum absolute atomic E-state index is 0.210. The van der Waals surface area contributed by atoms with Gasteiger partial charge >= 0.3 is 5.97 Å². The van der Waals surface area contributed by atoms with Gasteiger partial charge in [-0.05, 0) is 60.7 Å². The van der Waals surface area contributed by atoms with E-state index < -0.39 is 5.97 Å². The molecule has 0 amide bonds. The summed E-state index contributed by atoms with van der Waals surface area (Å²) in [5.41, 5.74) is 3.00. The van der Waals surface area contributed by atoms with Crippen molar-refractivity contribution in [3.05, 3.63) is 84.2 Å². The van der Waals surface area contributed by atoms with Crippen LogP contribution in [0.1, 0.15) is 15.9 Å². The Balaban J connectivity index is 1.64. The van der Waals surface area contributed by atoms with Crippen molar-refractivity contribution in [1.29, 1.82) is 5.26 Å². The molecule has 1 N–H and O–H groups in total. The lowest BCUT2D eigenvalue weighted by molar-refractivity contribution is 0.0697. The van der Waals surface area contributed by atoms with Crippen LogP contribution < -0.4 is 4.74 Å². The maximum atomic E-state index is 11.2. The molecule has 6 heteroatoms. The Labute approximate surface area is 154 Å². The number of rotatable bonds is 4. The van der Waals surface area contributed by atoms with E-state index in [9.17, 15) is 9.90 Å². The first-order chi connectivity index (χ1) is 13.1. The van der Waals surface area contributed by atoms with Gasteiger partial charge < -0.3 is 9.84 Å². The average molecular weight is 355 g/mol. The van der Waals surface area contributed by atoms with Crippen LogP contribution in [0.25, 0.3) is 16.7 Å². The highest BCUT2D eigenvalue weighted by molar-refractivity contribution is 5.92. The van der Waals surface area contributed by atoms with Crippen molar-refractivity contribution in [3.63, 3.8) is 0 Å². The first-order valence-corrected chi connectivity index (χ1v) is 8.13. The van der Waals surface area contributed by atoms with Gasteiger partial charge in [0.25, 0.3) is 0 Å². The second kappa shape index (κ2) is 6.65. The third kappa shape index (κ3) is 3.22. The molecule has 4 aromatic rings. The number of hydrogen-bond donors (Lipinski definition) is 1. The van der Waals surface area contributed by atoms with Gasteiger partial charge in [-0.3, -0.25) is 4.57 Å². The van der Waals surface area contributed by atoms with Gasteiger partial charge in [-0.1, -0.05) is 6.07 Å². The SMILES string of the molecule is N#Cc1cccc(Oc2ccc(-n3cnc4ccc(C(=O)O)cc43)cc2)c1. The molecule has 1 aromatic heterocycles. The van der Waals surface area contributed by atoms with Gasteiger partial charge in [0.05, 0.1) is 28.2 Å². The Bertz CT molecular complexity index is 1190. The summed E-state index contributed by atoms with van der Waals surface area (Å²) >= 11 is 0. The Morgan fingerprint density at radius 3 is 2.59 bits per heavy atom. The number of nitriles is 1. The summed E-state index contributed by atoms with van der Waals surface area (Å²) < 4.78 is 7.60. The van der Waals surface area contributed by atoms with Gasteiger partial charge in [0, 0.05) is 5.69 Å². The van der Waals surface area contributed by atoms with Crippen LogP contribution in [0.5, 0.6) is 11.5 Å². The largest absolute Gasteiger partial charge is 0.478 e. The molecule has 0 spiro atoms. The van der Waals surface area contributed by atoms with E-state index in [0.717, 1.165) is 5.69 Å². The van der Waals surface area contributed by atoms with Gasteiger partial charge in [0.15, 0.2) is 0 Å². The number of hydrogen-bond acceptors (Lipinski definition) is 4. The molecule has 0 bridgehead atoms. The van der Waals surface area contributed by atoms with E-state index in [-0.39, 0.29) is 5.56 Å². The van der Waals surface area contributed by atoms with Crippen molar-refractivity contribution in [2.75, 3.05) is 0 Å². The van der Waals surface area contributed by atoms with Crippen LogP contribution >= 0.6 is 0 Å². The number of ether oxygens (including phenoxy) is 1. The third-order valence-electron chi connectivity index (χ3n) is 4.11.